The van der Waals surface area contributed by atoms with Crippen molar-refractivity contribution in [3.05, 3.63) is 33.8 Å². The van der Waals surface area contributed by atoms with Crippen LogP contribution < -0.4 is 5.73 Å². The van der Waals surface area contributed by atoms with Crippen LogP contribution in [0.1, 0.15) is 11.6 Å². The van der Waals surface area contributed by atoms with Crippen LogP contribution in [0.3, 0.4) is 0 Å². The number of nitrogens with zero attached hydrogens (tertiary/aromatic N) is 1. The molecule has 0 fully saturated rings. The minimum Gasteiger partial charge on any atom is -0.312 e. The molecule has 0 heterocycles. The van der Waals surface area contributed by atoms with Gasteiger partial charge >= 0.3 is 0 Å². The van der Waals surface area contributed by atoms with Gasteiger partial charge in [-0.2, -0.15) is 5.26 Å². The van der Waals surface area contributed by atoms with Crippen molar-refractivity contribution < 1.29 is 0 Å². The zero-order valence-corrected chi connectivity index (χ0v) is 7.60. The minimum absolute atomic E-state index is 0.466. The number of halogens is 2. The second-order valence-corrected chi connectivity index (χ2v) is 3.12. The number of nitrogens with two attached hydrogens (primary N) is 1. The van der Waals surface area contributed by atoms with E-state index in [9.17, 15) is 0 Å². The van der Waals surface area contributed by atoms with E-state index in [1.807, 2.05) is 6.07 Å². The highest BCUT2D eigenvalue weighted by atomic mass is 35.5. The SMILES string of the molecule is N#CC(N)c1cc(Cl)ccc1Cl. The first-order chi connectivity index (χ1) is 5.65. The third-order valence-electron chi connectivity index (χ3n) is 1.43. The number of nitriles is 1. The summed E-state index contributed by atoms with van der Waals surface area (Å²) in [7, 11) is 0. The fraction of sp³-hybridized carbons (Fsp3) is 0.125. The first-order valence-corrected chi connectivity index (χ1v) is 4.01. The van der Waals surface area contributed by atoms with Crippen LogP contribution in [0.4, 0.5) is 0 Å². The average Bonchev–Trinajstić information content (AvgIpc) is 2.08. The molecule has 0 aliphatic rings. The fourth-order valence-corrected chi connectivity index (χ4v) is 1.24. The van der Waals surface area contributed by atoms with Crippen LogP contribution in [0, 0.1) is 11.3 Å². The number of hydrogen-bond donors (Lipinski definition) is 1. The molecule has 2 N–H and O–H groups in total. The van der Waals surface area contributed by atoms with Crippen molar-refractivity contribution in [2.75, 3.05) is 0 Å². The summed E-state index contributed by atoms with van der Waals surface area (Å²) < 4.78 is 0. The molecule has 0 spiro atoms. The van der Waals surface area contributed by atoms with Gasteiger partial charge in [-0.05, 0) is 18.2 Å². The van der Waals surface area contributed by atoms with E-state index in [1.54, 1.807) is 18.2 Å². The van der Waals surface area contributed by atoms with Crippen LogP contribution in [-0.4, -0.2) is 0 Å². The Bertz CT molecular complexity index is 330. The van der Waals surface area contributed by atoms with Gasteiger partial charge in [-0.15, -0.1) is 0 Å². The molecule has 1 aromatic carbocycles. The number of hydrogen-bond acceptors (Lipinski definition) is 2. The van der Waals surface area contributed by atoms with Gasteiger partial charge in [-0.3, -0.25) is 0 Å². The Hall–Kier alpha value is -0.750. The maximum Gasteiger partial charge on any atom is 0.120 e. The molecule has 0 radical (unpaired) electrons. The summed E-state index contributed by atoms with van der Waals surface area (Å²) >= 11 is 11.5. The van der Waals surface area contributed by atoms with E-state index in [0.717, 1.165) is 0 Å². The number of rotatable bonds is 1. The Labute approximate surface area is 80.5 Å². The van der Waals surface area contributed by atoms with Crippen LogP contribution in [-0.2, 0) is 0 Å². The molecule has 0 aliphatic heterocycles. The molecule has 62 valence electrons. The summed E-state index contributed by atoms with van der Waals surface area (Å²) in [5, 5.41) is 9.52. The van der Waals surface area contributed by atoms with Gasteiger partial charge in [0.25, 0.3) is 0 Å². The summed E-state index contributed by atoms with van der Waals surface area (Å²) in [4.78, 5) is 0. The van der Waals surface area contributed by atoms with Gasteiger partial charge < -0.3 is 5.73 Å². The third-order valence-corrected chi connectivity index (χ3v) is 2.01. The Morgan fingerprint density at radius 1 is 1.42 bits per heavy atom. The maximum atomic E-state index is 8.53. The van der Waals surface area contributed by atoms with Crippen LogP contribution in [0.2, 0.25) is 10.0 Å². The molecule has 4 heteroatoms. The molecule has 1 rings (SSSR count). The first kappa shape index (κ1) is 9.34. The Morgan fingerprint density at radius 3 is 2.67 bits per heavy atom. The molecule has 0 aliphatic carbocycles. The van der Waals surface area contributed by atoms with Crippen molar-refractivity contribution in [1.82, 2.24) is 0 Å². The molecule has 0 amide bonds. The Kier molecular flexibility index (Phi) is 2.93. The molecule has 2 nitrogen and oxygen atoms in total. The molecular formula is C8H6Cl2N2. The molecular weight excluding hydrogens is 195 g/mol. The molecule has 1 atom stereocenters. The second kappa shape index (κ2) is 3.77. The van der Waals surface area contributed by atoms with Gasteiger partial charge in [0, 0.05) is 15.6 Å². The second-order valence-electron chi connectivity index (χ2n) is 2.27. The lowest BCUT2D eigenvalue weighted by Crippen LogP contribution is -2.07. The molecule has 0 bridgehead atoms. The van der Waals surface area contributed by atoms with Crippen LogP contribution in [0.5, 0.6) is 0 Å². The van der Waals surface area contributed by atoms with Crippen molar-refractivity contribution >= 4 is 23.2 Å². The summed E-state index contributed by atoms with van der Waals surface area (Å²) in [6, 6.07) is 6.04. The van der Waals surface area contributed by atoms with Crippen molar-refractivity contribution in [2.45, 2.75) is 6.04 Å². The maximum absolute atomic E-state index is 8.53. The van der Waals surface area contributed by atoms with Gasteiger partial charge in [0.15, 0.2) is 0 Å². The summed E-state index contributed by atoms with van der Waals surface area (Å²) in [5.41, 5.74) is 6.02. The highest BCUT2D eigenvalue weighted by Crippen LogP contribution is 2.24. The summed E-state index contributed by atoms with van der Waals surface area (Å²) in [6.07, 6.45) is 0. The molecule has 0 saturated carbocycles. The van der Waals surface area contributed by atoms with Crippen LogP contribution >= 0.6 is 23.2 Å². The van der Waals surface area contributed by atoms with Gasteiger partial charge in [-0.25, -0.2) is 0 Å². The Morgan fingerprint density at radius 2 is 2.08 bits per heavy atom. The monoisotopic (exact) mass is 200 g/mol. The number of benzene rings is 1. The van der Waals surface area contributed by atoms with E-state index in [0.29, 0.717) is 15.6 Å². The highest BCUT2D eigenvalue weighted by Gasteiger charge is 2.08. The van der Waals surface area contributed by atoms with E-state index >= 15 is 0 Å². The largest absolute Gasteiger partial charge is 0.312 e. The quantitative estimate of drug-likeness (QED) is 0.758. The molecule has 0 saturated heterocycles. The smallest absolute Gasteiger partial charge is 0.120 e. The molecule has 1 aromatic rings. The fourth-order valence-electron chi connectivity index (χ4n) is 0.822. The average molecular weight is 201 g/mol. The van der Waals surface area contributed by atoms with E-state index in [4.69, 9.17) is 34.2 Å². The van der Waals surface area contributed by atoms with Crippen molar-refractivity contribution in [1.29, 1.82) is 5.26 Å². The molecule has 1 unspecified atom stereocenters. The van der Waals surface area contributed by atoms with Gasteiger partial charge in [-0.1, -0.05) is 23.2 Å². The van der Waals surface area contributed by atoms with E-state index in [2.05, 4.69) is 0 Å². The van der Waals surface area contributed by atoms with Crippen LogP contribution in [0.15, 0.2) is 18.2 Å². The summed E-state index contributed by atoms with van der Waals surface area (Å²) in [5.74, 6) is 0. The van der Waals surface area contributed by atoms with E-state index < -0.39 is 6.04 Å². The van der Waals surface area contributed by atoms with Crippen LogP contribution in [0.25, 0.3) is 0 Å². The third kappa shape index (κ3) is 1.89. The predicted octanol–water partition coefficient (Wildman–Crippen LogP) is 2.52. The molecule has 12 heavy (non-hydrogen) atoms. The lowest BCUT2D eigenvalue weighted by Gasteiger charge is -2.05. The first-order valence-electron chi connectivity index (χ1n) is 3.25. The van der Waals surface area contributed by atoms with Gasteiger partial charge in [0.2, 0.25) is 0 Å². The zero-order chi connectivity index (χ0) is 9.14. The highest BCUT2D eigenvalue weighted by molar-refractivity contribution is 6.33. The lowest BCUT2D eigenvalue weighted by atomic mass is 10.1. The van der Waals surface area contributed by atoms with Gasteiger partial charge in [0.1, 0.15) is 6.04 Å². The summed E-state index contributed by atoms with van der Waals surface area (Å²) in [6.45, 7) is 0. The minimum atomic E-state index is -0.712. The van der Waals surface area contributed by atoms with Crippen molar-refractivity contribution in [3.8, 4) is 6.07 Å². The zero-order valence-electron chi connectivity index (χ0n) is 6.09. The van der Waals surface area contributed by atoms with Crippen molar-refractivity contribution in [2.24, 2.45) is 5.73 Å². The van der Waals surface area contributed by atoms with E-state index in [-0.39, 0.29) is 0 Å². The lowest BCUT2D eigenvalue weighted by molar-refractivity contribution is 0.927. The van der Waals surface area contributed by atoms with E-state index in [1.165, 1.54) is 0 Å². The van der Waals surface area contributed by atoms with Gasteiger partial charge in [0.05, 0.1) is 6.07 Å². The molecule has 0 aromatic heterocycles. The van der Waals surface area contributed by atoms with Crippen molar-refractivity contribution in [3.63, 3.8) is 0 Å². The predicted molar refractivity (Wildman–Crippen MR) is 49.0 cm³/mol. The normalized spacial score (nSPS) is 12.2. The Balaban J connectivity index is 3.15. The standard InChI is InChI=1S/C8H6Cl2N2/c9-5-1-2-7(10)6(3-5)8(12)4-11/h1-3,8H,12H2. The topological polar surface area (TPSA) is 49.8 Å².